The first-order valence-electron chi connectivity index (χ1n) is 4.91. The van der Waals surface area contributed by atoms with Crippen LogP contribution < -0.4 is 5.73 Å². The summed E-state index contributed by atoms with van der Waals surface area (Å²) in [4.78, 5) is 18.6. The lowest BCUT2D eigenvalue weighted by atomic mass is 10.1. The van der Waals surface area contributed by atoms with Crippen LogP contribution in [0.1, 0.15) is 10.4 Å². The predicted molar refractivity (Wildman–Crippen MR) is 62.1 cm³/mol. The van der Waals surface area contributed by atoms with E-state index in [1.807, 2.05) is 18.2 Å². The summed E-state index contributed by atoms with van der Waals surface area (Å²) in [7, 11) is 0. The van der Waals surface area contributed by atoms with E-state index in [-0.39, 0.29) is 0 Å². The Morgan fingerprint density at radius 2 is 2.12 bits per heavy atom. The van der Waals surface area contributed by atoms with Crippen molar-refractivity contribution in [2.75, 3.05) is 0 Å². The second-order valence-electron chi connectivity index (χ2n) is 3.64. The van der Waals surface area contributed by atoms with Crippen LogP contribution >= 0.6 is 0 Å². The van der Waals surface area contributed by atoms with E-state index >= 15 is 0 Å². The Hall–Kier alpha value is -2.36. The molecule has 0 bridgehead atoms. The normalized spacial score (nSPS) is 11.0. The summed E-state index contributed by atoms with van der Waals surface area (Å²) in [5.74, 6) is -0.414. The molecule has 1 aromatic carbocycles. The highest BCUT2D eigenvalue weighted by Crippen LogP contribution is 2.27. The minimum Gasteiger partial charge on any atom is -0.366 e. The summed E-state index contributed by atoms with van der Waals surface area (Å²) in [5.41, 5.74) is 7.71. The number of fused-ring (bicyclic) bond motifs is 3. The monoisotopic (exact) mass is 211 g/mol. The highest BCUT2D eigenvalue weighted by molar-refractivity contribution is 6.17. The quantitative estimate of drug-likeness (QED) is 0.644. The van der Waals surface area contributed by atoms with Gasteiger partial charge in [0, 0.05) is 28.0 Å². The zero-order valence-electron chi connectivity index (χ0n) is 8.40. The molecular weight excluding hydrogens is 202 g/mol. The minimum atomic E-state index is -0.414. The van der Waals surface area contributed by atoms with E-state index in [1.165, 1.54) is 0 Å². The first-order valence-corrected chi connectivity index (χ1v) is 4.91. The summed E-state index contributed by atoms with van der Waals surface area (Å²) in [6, 6.07) is 7.34. The van der Waals surface area contributed by atoms with Crippen molar-refractivity contribution in [2.24, 2.45) is 5.73 Å². The molecule has 16 heavy (non-hydrogen) atoms. The van der Waals surface area contributed by atoms with Crippen LogP contribution in [0.5, 0.6) is 0 Å². The standard InChI is InChI=1S/C12H9N3O/c13-12(16)8-2-1-3-9-11(8)7-4-5-14-6-10(7)15-9/h1-6,15H,(H2,13,16). The van der Waals surface area contributed by atoms with Gasteiger partial charge in [0.05, 0.1) is 11.7 Å². The molecule has 2 aromatic heterocycles. The SMILES string of the molecule is NC(=O)c1cccc2[nH]c3cnccc3c12. The first kappa shape index (κ1) is 8.91. The van der Waals surface area contributed by atoms with Gasteiger partial charge >= 0.3 is 0 Å². The van der Waals surface area contributed by atoms with Gasteiger partial charge in [0.15, 0.2) is 0 Å². The van der Waals surface area contributed by atoms with Crippen LogP contribution in [0.3, 0.4) is 0 Å². The van der Waals surface area contributed by atoms with Gasteiger partial charge in [-0.25, -0.2) is 0 Å². The number of aromatic amines is 1. The van der Waals surface area contributed by atoms with E-state index in [2.05, 4.69) is 9.97 Å². The minimum absolute atomic E-state index is 0.414. The first-order chi connectivity index (χ1) is 7.77. The van der Waals surface area contributed by atoms with Gasteiger partial charge in [-0.05, 0) is 18.2 Å². The number of aromatic nitrogens is 2. The van der Waals surface area contributed by atoms with Crippen LogP contribution in [0.4, 0.5) is 0 Å². The van der Waals surface area contributed by atoms with E-state index < -0.39 is 5.91 Å². The Balaban J connectivity index is 2.57. The van der Waals surface area contributed by atoms with Crippen LogP contribution in [0, 0.1) is 0 Å². The number of amides is 1. The number of hydrogen-bond donors (Lipinski definition) is 2. The van der Waals surface area contributed by atoms with E-state index in [0.29, 0.717) is 5.56 Å². The van der Waals surface area contributed by atoms with E-state index in [4.69, 9.17) is 5.73 Å². The number of benzene rings is 1. The van der Waals surface area contributed by atoms with Crippen LogP contribution in [0.15, 0.2) is 36.7 Å². The number of primary amides is 1. The largest absolute Gasteiger partial charge is 0.366 e. The van der Waals surface area contributed by atoms with Crippen molar-refractivity contribution < 1.29 is 4.79 Å². The average molecular weight is 211 g/mol. The van der Waals surface area contributed by atoms with Gasteiger partial charge in [0.25, 0.3) is 0 Å². The van der Waals surface area contributed by atoms with Crippen molar-refractivity contribution in [2.45, 2.75) is 0 Å². The summed E-state index contributed by atoms with van der Waals surface area (Å²) in [6.45, 7) is 0. The zero-order valence-corrected chi connectivity index (χ0v) is 8.40. The highest BCUT2D eigenvalue weighted by atomic mass is 16.1. The second kappa shape index (κ2) is 3.06. The lowest BCUT2D eigenvalue weighted by Gasteiger charge is -1.98. The second-order valence-corrected chi connectivity index (χ2v) is 3.64. The topological polar surface area (TPSA) is 71.8 Å². The Morgan fingerprint density at radius 1 is 1.25 bits per heavy atom. The summed E-state index contributed by atoms with van der Waals surface area (Å²) >= 11 is 0. The van der Waals surface area contributed by atoms with Gasteiger partial charge in [0.2, 0.25) is 5.91 Å². The lowest BCUT2D eigenvalue weighted by Crippen LogP contribution is -2.10. The summed E-state index contributed by atoms with van der Waals surface area (Å²) in [6.07, 6.45) is 3.44. The van der Waals surface area contributed by atoms with Gasteiger partial charge < -0.3 is 10.7 Å². The molecule has 0 saturated heterocycles. The fraction of sp³-hybridized carbons (Fsp3) is 0. The molecule has 0 saturated carbocycles. The van der Waals surface area contributed by atoms with Crippen molar-refractivity contribution in [3.8, 4) is 0 Å². The molecule has 3 rings (SSSR count). The van der Waals surface area contributed by atoms with Gasteiger partial charge in [-0.3, -0.25) is 9.78 Å². The number of rotatable bonds is 1. The van der Waals surface area contributed by atoms with Crippen molar-refractivity contribution in [3.05, 3.63) is 42.2 Å². The average Bonchev–Trinajstić information content (AvgIpc) is 2.66. The Bertz CT molecular complexity index is 700. The Morgan fingerprint density at radius 3 is 2.94 bits per heavy atom. The number of hydrogen-bond acceptors (Lipinski definition) is 2. The molecule has 4 nitrogen and oxygen atoms in total. The third kappa shape index (κ3) is 1.10. The van der Waals surface area contributed by atoms with E-state index in [0.717, 1.165) is 21.8 Å². The molecule has 0 aliphatic carbocycles. The van der Waals surface area contributed by atoms with Crippen molar-refractivity contribution in [1.82, 2.24) is 9.97 Å². The Kier molecular flexibility index (Phi) is 1.71. The van der Waals surface area contributed by atoms with E-state index in [1.54, 1.807) is 18.5 Å². The van der Waals surface area contributed by atoms with Crippen molar-refractivity contribution in [3.63, 3.8) is 0 Å². The maximum absolute atomic E-state index is 11.3. The molecule has 0 fully saturated rings. The molecule has 0 spiro atoms. The maximum Gasteiger partial charge on any atom is 0.249 e. The molecule has 3 aromatic rings. The molecule has 0 atom stereocenters. The maximum atomic E-state index is 11.3. The Labute approximate surface area is 91.1 Å². The number of carbonyl (C=O) groups excluding carboxylic acids is 1. The molecule has 3 N–H and O–H groups in total. The number of H-pyrrole nitrogens is 1. The molecule has 4 heteroatoms. The smallest absolute Gasteiger partial charge is 0.249 e. The molecule has 1 amide bonds. The van der Waals surface area contributed by atoms with Crippen molar-refractivity contribution >= 4 is 27.7 Å². The summed E-state index contributed by atoms with van der Waals surface area (Å²) < 4.78 is 0. The molecule has 2 heterocycles. The number of nitrogens with two attached hydrogens (primary N) is 1. The van der Waals surface area contributed by atoms with Crippen LogP contribution in [-0.2, 0) is 0 Å². The van der Waals surface area contributed by atoms with Crippen LogP contribution in [0.2, 0.25) is 0 Å². The number of nitrogens with one attached hydrogen (secondary N) is 1. The summed E-state index contributed by atoms with van der Waals surface area (Å²) in [5, 5.41) is 1.84. The van der Waals surface area contributed by atoms with Crippen LogP contribution in [-0.4, -0.2) is 15.9 Å². The molecular formula is C12H9N3O. The molecule has 0 aliphatic heterocycles. The zero-order chi connectivity index (χ0) is 11.1. The molecule has 0 unspecified atom stereocenters. The van der Waals surface area contributed by atoms with Gasteiger partial charge in [-0.15, -0.1) is 0 Å². The molecule has 78 valence electrons. The highest BCUT2D eigenvalue weighted by Gasteiger charge is 2.11. The van der Waals surface area contributed by atoms with Crippen molar-refractivity contribution in [1.29, 1.82) is 0 Å². The molecule has 0 radical (unpaired) electrons. The lowest BCUT2D eigenvalue weighted by molar-refractivity contribution is 0.100. The van der Waals surface area contributed by atoms with Gasteiger partial charge in [-0.2, -0.15) is 0 Å². The fourth-order valence-corrected chi connectivity index (χ4v) is 2.01. The predicted octanol–water partition coefficient (Wildman–Crippen LogP) is 1.81. The van der Waals surface area contributed by atoms with E-state index in [9.17, 15) is 4.79 Å². The third-order valence-corrected chi connectivity index (χ3v) is 2.69. The number of nitrogens with zero attached hydrogens (tertiary/aromatic N) is 1. The number of pyridine rings is 1. The fourth-order valence-electron chi connectivity index (χ4n) is 2.01. The third-order valence-electron chi connectivity index (χ3n) is 2.69. The van der Waals surface area contributed by atoms with Gasteiger partial charge in [-0.1, -0.05) is 6.07 Å². The van der Waals surface area contributed by atoms with Gasteiger partial charge in [0.1, 0.15) is 0 Å². The van der Waals surface area contributed by atoms with Crippen LogP contribution in [0.25, 0.3) is 21.8 Å². The number of carbonyl (C=O) groups is 1. The molecule has 0 aliphatic rings.